The molecule has 4 nitrogen and oxygen atoms in total. The molecule has 2 amide bonds. The van der Waals surface area contributed by atoms with E-state index >= 15 is 0 Å². The number of carbonyl (C=O) groups excluding carboxylic acids is 1. The molecule has 2 aromatic rings. The molecule has 0 spiro atoms. The molecule has 19 heavy (non-hydrogen) atoms. The Morgan fingerprint density at radius 3 is 2.68 bits per heavy atom. The largest absolute Gasteiger partial charge is 0.469 e. The number of hydrogen-bond acceptors (Lipinski definition) is 2. The average molecular weight is 279 g/mol. The summed E-state index contributed by atoms with van der Waals surface area (Å²) in [4.78, 5) is 11.6. The van der Waals surface area contributed by atoms with Crippen LogP contribution >= 0.6 is 11.6 Å². The number of rotatable bonds is 5. The van der Waals surface area contributed by atoms with Gasteiger partial charge in [0.15, 0.2) is 0 Å². The molecule has 0 unspecified atom stereocenters. The van der Waals surface area contributed by atoms with E-state index in [1.807, 2.05) is 12.1 Å². The van der Waals surface area contributed by atoms with Gasteiger partial charge in [0.25, 0.3) is 0 Å². The van der Waals surface area contributed by atoms with Gasteiger partial charge in [0.2, 0.25) is 0 Å². The standard InChI is InChI=1S/C14H15ClN2O2/c15-11-5-7-12(8-6-11)17-14(18)16-9-1-3-13-4-2-10-19-13/h2,4-8,10H,1,3,9H2,(H2,16,17,18). The summed E-state index contributed by atoms with van der Waals surface area (Å²) in [5.74, 6) is 0.930. The molecular weight excluding hydrogens is 264 g/mol. The summed E-state index contributed by atoms with van der Waals surface area (Å²) in [7, 11) is 0. The van der Waals surface area contributed by atoms with Gasteiger partial charge < -0.3 is 15.1 Å². The minimum atomic E-state index is -0.221. The number of urea groups is 1. The van der Waals surface area contributed by atoms with Crippen LogP contribution in [-0.4, -0.2) is 12.6 Å². The second-order valence-corrected chi connectivity index (χ2v) is 4.51. The van der Waals surface area contributed by atoms with Crippen molar-refractivity contribution in [1.82, 2.24) is 5.32 Å². The van der Waals surface area contributed by atoms with Crippen molar-refractivity contribution in [3.05, 3.63) is 53.4 Å². The van der Waals surface area contributed by atoms with Gasteiger partial charge in [-0.25, -0.2) is 4.79 Å². The highest BCUT2D eigenvalue weighted by atomic mass is 35.5. The molecule has 0 saturated carbocycles. The van der Waals surface area contributed by atoms with Crippen LogP contribution in [0.4, 0.5) is 10.5 Å². The minimum Gasteiger partial charge on any atom is -0.469 e. The number of hydrogen-bond donors (Lipinski definition) is 2. The van der Waals surface area contributed by atoms with Gasteiger partial charge in [0.05, 0.1) is 6.26 Å². The predicted molar refractivity (Wildman–Crippen MR) is 75.5 cm³/mol. The molecule has 0 radical (unpaired) electrons. The lowest BCUT2D eigenvalue weighted by molar-refractivity contribution is 0.252. The van der Waals surface area contributed by atoms with Crippen LogP contribution in [0.2, 0.25) is 5.02 Å². The fourth-order valence-electron chi connectivity index (χ4n) is 1.63. The van der Waals surface area contributed by atoms with Crippen LogP contribution < -0.4 is 10.6 Å². The smallest absolute Gasteiger partial charge is 0.319 e. The van der Waals surface area contributed by atoms with Crippen LogP contribution in [0.5, 0.6) is 0 Å². The average Bonchev–Trinajstić information content (AvgIpc) is 2.91. The van der Waals surface area contributed by atoms with Crippen molar-refractivity contribution in [3.8, 4) is 0 Å². The molecule has 0 atom stereocenters. The fourth-order valence-corrected chi connectivity index (χ4v) is 1.75. The van der Waals surface area contributed by atoms with E-state index in [1.54, 1.807) is 30.5 Å². The van der Waals surface area contributed by atoms with Crippen LogP contribution in [0.25, 0.3) is 0 Å². The first kappa shape index (κ1) is 13.5. The SMILES string of the molecule is O=C(NCCCc1ccco1)Nc1ccc(Cl)cc1. The summed E-state index contributed by atoms with van der Waals surface area (Å²) in [6.07, 6.45) is 3.30. The van der Waals surface area contributed by atoms with Gasteiger partial charge in [-0.05, 0) is 42.8 Å². The molecule has 2 rings (SSSR count). The van der Waals surface area contributed by atoms with E-state index in [0.29, 0.717) is 17.3 Å². The van der Waals surface area contributed by atoms with Crippen LogP contribution in [0, 0.1) is 0 Å². The van der Waals surface area contributed by atoms with Crippen molar-refractivity contribution < 1.29 is 9.21 Å². The van der Waals surface area contributed by atoms with Crippen LogP contribution in [0.3, 0.4) is 0 Å². The zero-order chi connectivity index (χ0) is 13.5. The summed E-state index contributed by atoms with van der Waals surface area (Å²) in [5, 5.41) is 6.16. The molecule has 1 aromatic heterocycles. The first-order chi connectivity index (χ1) is 9.24. The number of benzene rings is 1. The Bertz CT molecular complexity index is 509. The zero-order valence-corrected chi connectivity index (χ0v) is 11.1. The van der Waals surface area contributed by atoms with Gasteiger partial charge in [-0.15, -0.1) is 0 Å². The summed E-state index contributed by atoms with van der Waals surface area (Å²) in [6.45, 7) is 0.597. The number of anilines is 1. The lowest BCUT2D eigenvalue weighted by Crippen LogP contribution is -2.29. The minimum absolute atomic E-state index is 0.221. The highest BCUT2D eigenvalue weighted by molar-refractivity contribution is 6.30. The molecule has 1 heterocycles. The lowest BCUT2D eigenvalue weighted by atomic mass is 10.2. The number of nitrogens with one attached hydrogen (secondary N) is 2. The second-order valence-electron chi connectivity index (χ2n) is 4.07. The second kappa shape index (κ2) is 6.85. The summed E-state index contributed by atoms with van der Waals surface area (Å²) in [5.41, 5.74) is 0.716. The van der Waals surface area contributed by atoms with Gasteiger partial charge in [-0.1, -0.05) is 11.6 Å². The molecule has 0 fully saturated rings. The van der Waals surface area contributed by atoms with E-state index in [1.165, 1.54) is 0 Å². The van der Waals surface area contributed by atoms with Crippen LogP contribution in [0.1, 0.15) is 12.2 Å². The van der Waals surface area contributed by atoms with Crippen LogP contribution in [0.15, 0.2) is 47.1 Å². The Labute approximate surface area is 116 Å². The molecule has 2 N–H and O–H groups in total. The van der Waals surface area contributed by atoms with Crippen molar-refractivity contribution >= 4 is 23.3 Å². The van der Waals surface area contributed by atoms with Gasteiger partial charge in [-0.3, -0.25) is 0 Å². The Hall–Kier alpha value is -1.94. The normalized spacial score (nSPS) is 10.2. The van der Waals surface area contributed by atoms with Gasteiger partial charge >= 0.3 is 6.03 Å². The van der Waals surface area contributed by atoms with E-state index in [4.69, 9.17) is 16.0 Å². The molecule has 0 bridgehead atoms. The zero-order valence-electron chi connectivity index (χ0n) is 10.4. The third-order valence-electron chi connectivity index (χ3n) is 2.57. The molecule has 0 saturated heterocycles. The Morgan fingerprint density at radius 2 is 2.00 bits per heavy atom. The first-order valence-electron chi connectivity index (χ1n) is 6.07. The molecule has 0 aliphatic rings. The third kappa shape index (κ3) is 4.67. The maximum absolute atomic E-state index is 11.6. The van der Waals surface area contributed by atoms with E-state index in [2.05, 4.69) is 10.6 Å². The van der Waals surface area contributed by atoms with Crippen molar-refractivity contribution in [3.63, 3.8) is 0 Å². The predicted octanol–water partition coefficient (Wildman–Crippen LogP) is 3.69. The van der Waals surface area contributed by atoms with Crippen molar-refractivity contribution in [2.45, 2.75) is 12.8 Å². The summed E-state index contributed by atoms with van der Waals surface area (Å²) in [6, 6.07) is 10.5. The molecule has 100 valence electrons. The highest BCUT2D eigenvalue weighted by Gasteiger charge is 2.01. The summed E-state index contributed by atoms with van der Waals surface area (Å²) >= 11 is 5.76. The van der Waals surface area contributed by atoms with Gasteiger partial charge in [-0.2, -0.15) is 0 Å². The number of halogens is 1. The maximum atomic E-state index is 11.6. The van der Waals surface area contributed by atoms with Gasteiger partial charge in [0, 0.05) is 23.7 Å². The van der Waals surface area contributed by atoms with Crippen LogP contribution in [-0.2, 0) is 6.42 Å². The number of amides is 2. The van der Waals surface area contributed by atoms with E-state index < -0.39 is 0 Å². The highest BCUT2D eigenvalue weighted by Crippen LogP contribution is 2.13. The first-order valence-corrected chi connectivity index (χ1v) is 6.44. The molecule has 0 aliphatic carbocycles. The lowest BCUT2D eigenvalue weighted by Gasteiger charge is -2.07. The molecule has 1 aromatic carbocycles. The van der Waals surface area contributed by atoms with Crippen molar-refractivity contribution in [2.24, 2.45) is 0 Å². The van der Waals surface area contributed by atoms with Crippen molar-refractivity contribution in [1.29, 1.82) is 0 Å². The summed E-state index contributed by atoms with van der Waals surface area (Å²) < 4.78 is 5.21. The van der Waals surface area contributed by atoms with Gasteiger partial charge in [0.1, 0.15) is 5.76 Å². The quantitative estimate of drug-likeness (QED) is 0.820. The Kier molecular flexibility index (Phi) is 4.86. The van der Waals surface area contributed by atoms with E-state index in [9.17, 15) is 4.79 Å². The van der Waals surface area contributed by atoms with E-state index in [-0.39, 0.29) is 6.03 Å². The molecular formula is C14H15ClN2O2. The topological polar surface area (TPSA) is 54.3 Å². The monoisotopic (exact) mass is 278 g/mol. The Balaban J connectivity index is 1.65. The molecule has 0 aliphatic heterocycles. The number of aryl methyl sites for hydroxylation is 1. The maximum Gasteiger partial charge on any atom is 0.319 e. The number of carbonyl (C=O) groups is 1. The molecule has 5 heteroatoms. The van der Waals surface area contributed by atoms with Crippen molar-refractivity contribution in [2.75, 3.05) is 11.9 Å². The third-order valence-corrected chi connectivity index (χ3v) is 2.82. The van der Waals surface area contributed by atoms with E-state index in [0.717, 1.165) is 18.6 Å². The Morgan fingerprint density at radius 1 is 1.21 bits per heavy atom. The fraction of sp³-hybridized carbons (Fsp3) is 0.214. The number of furan rings is 1.